The summed E-state index contributed by atoms with van der Waals surface area (Å²) in [5, 5.41) is 3.37. The van der Waals surface area contributed by atoms with Gasteiger partial charge in [-0.25, -0.2) is 8.42 Å². The number of aryl methyl sites for hydroxylation is 1. The summed E-state index contributed by atoms with van der Waals surface area (Å²) in [5.41, 5.74) is 3.09. The number of carbonyl (C=O) groups excluding carboxylic acids is 1. The molecular weight excluding hydrogens is 444 g/mol. The maximum Gasteiger partial charge on any atom is 0.264 e. The molecule has 0 spiro atoms. The van der Waals surface area contributed by atoms with Crippen molar-refractivity contribution in [3.05, 3.63) is 40.6 Å². The molecule has 1 amide bonds. The molecule has 1 aromatic carbocycles. The predicted octanol–water partition coefficient (Wildman–Crippen LogP) is 5.33. The van der Waals surface area contributed by atoms with E-state index in [9.17, 15) is 13.2 Å². The third-order valence-corrected chi connectivity index (χ3v) is 11.7. The zero-order valence-electron chi connectivity index (χ0n) is 20.6. The van der Waals surface area contributed by atoms with Gasteiger partial charge in [0.1, 0.15) is 0 Å². The molecule has 6 aliphatic rings. The smallest absolute Gasteiger partial charge is 0.264 e. The fourth-order valence-corrected chi connectivity index (χ4v) is 10.1. The average molecular weight is 483 g/mol. The minimum Gasteiger partial charge on any atom is -0.349 e. The number of rotatable bonds is 4. The molecule has 6 heteroatoms. The van der Waals surface area contributed by atoms with Crippen LogP contribution in [0.5, 0.6) is 0 Å². The van der Waals surface area contributed by atoms with Crippen molar-refractivity contribution in [3.8, 4) is 0 Å². The number of hydrogen-bond donors (Lipinski definition) is 1. The van der Waals surface area contributed by atoms with E-state index >= 15 is 0 Å². The molecular formula is C28H38N2O3S. The fourth-order valence-electron chi connectivity index (χ4n) is 8.14. The summed E-state index contributed by atoms with van der Waals surface area (Å²) in [4.78, 5) is 13.8. The number of carbonyl (C=O) groups is 1. The molecule has 1 unspecified atom stereocenters. The van der Waals surface area contributed by atoms with Crippen molar-refractivity contribution in [1.82, 2.24) is 9.62 Å². The van der Waals surface area contributed by atoms with Gasteiger partial charge in [-0.1, -0.05) is 6.08 Å². The summed E-state index contributed by atoms with van der Waals surface area (Å²) in [7, 11) is -3.71. The highest BCUT2D eigenvalue weighted by Gasteiger charge is 2.48. The molecule has 1 saturated heterocycles. The van der Waals surface area contributed by atoms with Crippen LogP contribution >= 0.6 is 0 Å². The lowest BCUT2D eigenvalue weighted by Gasteiger charge is -2.54. The lowest BCUT2D eigenvalue weighted by molar-refractivity contribution is -0.0119. The largest absolute Gasteiger partial charge is 0.349 e. The van der Waals surface area contributed by atoms with E-state index in [1.807, 2.05) is 19.9 Å². The summed E-state index contributed by atoms with van der Waals surface area (Å²) in [6.07, 6.45) is 13.6. The maximum absolute atomic E-state index is 13.9. The number of fused-ring (bicyclic) bond motifs is 1. The molecule has 184 valence electrons. The normalized spacial score (nSPS) is 34.5. The number of nitrogens with zero attached hydrogens (tertiary/aromatic N) is 1. The molecule has 0 radical (unpaired) electrons. The van der Waals surface area contributed by atoms with Crippen molar-refractivity contribution in [1.29, 1.82) is 0 Å². The van der Waals surface area contributed by atoms with Gasteiger partial charge in [0.05, 0.1) is 4.90 Å². The van der Waals surface area contributed by atoms with Crippen LogP contribution in [0.4, 0.5) is 0 Å². The Hall–Kier alpha value is -1.82. The second kappa shape index (κ2) is 8.39. The number of amides is 1. The second-order valence-corrected chi connectivity index (χ2v) is 13.7. The lowest BCUT2D eigenvalue weighted by Crippen LogP contribution is -2.55. The molecule has 1 aliphatic heterocycles. The van der Waals surface area contributed by atoms with E-state index in [0.29, 0.717) is 34.8 Å². The van der Waals surface area contributed by atoms with Crippen molar-refractivity contribution in [3.63, 3.8) is 0 Å². The van der Waals surface area contributed by atoms with Crippen LogP contribution in [0.2, 0.25) is 0 Å². The van der Waals surface area contributed by atoms with Crippen LogP contribution in [0.1, 0.15) is 85.7 Å². The van der Waals surface area contributed by atoms with Crippen molar-refractivity contribution in [2.45, 2.75) is 89.0 Å². The van der Waals surface area contributed by atoms with Gasteiger partial charge in [0.25, 0.3) is 15.9 Å². The topological polar surface area (TPSA) is 66.5 Å². The number of hydrogen-bond acceptors (Lipinski definition) is 3. The van der Waals surface area contributed by atoms with Gasteiger partial charge in [-0.15, -0.1) is 0 Å². The molecule has 5 aliphatic carbocycles. The molecule has 5 fully saturated rings. The first-order valence-electron chi connectivity index (χ1n) is 13.5. The van der Waals surface area contributed by atoms with Gasteiger partial charge in [0.2, 0.25) is 0 Å². The minimum absolute atomic E-state index is 0.106. The number of sulfonamides is 1. The second-order valence-electron chi connectivity index (χ2n) is 11.8. The number of piperidine rings is 1. The van der Waals surface area contributed by atoms with Gasteiger partial charge < -0.3 is 5.32 Å². The lowest BCUT2D eigenvalue weighted by atomic mass is 9.54. The maximum atomic E-state index is 13.9. The zero-order valence-corrected chi connectivity index (χ0v) is 21.4. The highest BCUT2D eigenvalue weighted by atomic mass is 32.2. The van der Waals surface area contributed by atoms with Crippen LogP contribution < -0.4 is 5.32 Å². The molecule has 34 heavy (non-hydrogen) atoms. The highest BCUT2D eigenvalue weighted by Crippen LogP contribution is 2.53. The summed E-state index contributed by atoms with van der Waals surface area (Å²) < 4.78 is 29.5. The fraction of sp³-hybridized carbons (Fsp3) is 0.679. The quantitative estimate of drug-likeness (QED) is 0.631. The first kappa shape index (κ1) is 22.6. The van der Waals surface area contributed by atoms with Crippen molar-refractivity contribution >= 4 is 15.9 Å². The van der Waals surface area contributed by atoms with E-state index in [2.05, 4.69) is 11.4 Å². The Bertz CT molecular complexity index is 1110. The van der Waals surface area contributed by atoms with Crippen molar-refractivity contribution < 1.29 is 13.2 Å². The van der Waals surface area contributed by atoms with E-state index in [1.165, 1.54) is 32.1 Å². The molecule has 1 N–H and O–H groups in total. The molecule has 0 aromatic heterocycles. The first-order valence-corrected chi connectivity index (χ1v) is 14.9. The summed E-state index contributed by atoms with van der Waals surface area (Å²) >= 11 is 0. The molecule has 5 nitrogen and oxygen atoms in total. The summed E-state index contributed by atoms with van der Waals surface area (Å²) in [6.45, 7) is 4.33. The van der Waals surface area contributed by atoms with Gasteiger partial charge in [-0.05, 0) is 131 Å². The number of allylic oxidation sites excluding steroid dienone is 2. The Kier molecular flexibility index (Phi) is 5.58. The molecule has 1 heterocycles. The molecule has 7 rings (SSSR count). The van der Waals surface area contributed by atoms with E-state index in [0.717, 1.165) is 60.8 Å². The van der Waals surface area contributed by atoms with Crippen LogP contribution in [0.25, 0.3) is 0 Å². The third-order valence-electron chi connectivity index (χ3n) is 9.70. The molecule has 1 aromatic rings. The standard InChI is InChI=1S/C28H38N2O3S/c1-17-10-24(28(31)29-27-22-12-19-11-20(14-22)15-23(27)13-19)16-26(18(17)2)34(32,33)30-9-5-7-21-6-3-4-8-25(21)30/h8,10,16,19-23,27H,3-7,9,11-15H2,1-2H3,(H,29,31). The summed E-state index contributed by atoms with van der Waals surface area (Å²) in [6, 6.07) is 3.77. The summed E-state index contributed by atoms with van der Waals surface area (Å²) in [5.74, 6) is 3.15. The van der Waals surface area contributed by atoms with Crippen LogP contribution in [0.15, 0.2) is 28.8 Å². The monoisotopic (exact) mass is 482 g/mol. The van der Waals surface area contributed by atoms with Crippen LogP contribution in [-0.2, 0) is 10.0 Å². The van der Waals surface area contributed by atoms with Crippen LogP contribution in [0, 0.1) is 43.4 Å². The first-order chi connectivity index (χ1) is 16.3. The minimum atomic E-state index is -3.71. The molecule has 4 bridgehead atoms. The highest BCUT2D eigenvalue weighted by molar-refractivity contribution is 7.89. The van der Waals surface area contributed by atoms with E-state index in [4.69, 9.17) is 0 Å². The Balaban J connectivity index is 1.29. The Morgan fingerprint density at radius 2 is 1.65 bits per heavy atom. The molecule has 4 saturated carbocycles. The van der Waals surface area contributed by atoms with Crippen LogP contribution in [-0.4, -0.2) is 31.2 Å². The predicted molar refractivity (Wildman–Crippen MR) is 133 cm³/mol. The van der Waals surface area contributed by atoms with Crippen molar-refractivity contribution in [2.24, 2.45) is 29.6 Å². The Morgan fingerprint density at radius 3 is 2.35 bits per heavy atom. The van der Waals surface area contributed by atoms with Gasteiger partial charge >= 0.3 is 0 Å². The average Bonchev–Trinajstić information content (AvgIpc) is 2.82. The Morgan fingerprint density at radius 1 is 0.971 bits per heavy atom. The van der Waals surface area contributed by atoms with E-state index in [-0.39, 0.29) is 11.9 Å². The van der Waals surface area contributed by atoms with E-state index < -0.39 is 10.0 Å². The van der Waals surface area contributed by atoms with Gasteiger partial charge in [-0.3, -0.25) is 9.10 Å². The van der Waals surface area contributed by atoms with Gasteiger partial charge in [-0.2, -0.15) is 0 Å². The van der Waals surface area contributed by atoms with Gasteiger partial charge in [0, 0.05) is 23.8 Å². The SMILES string of the molecule is Cc1cc(C(=O)NC2C3CC4CC(C3)CC2C4)cc(S(=O)(=O)N2CCCC3CCCC=C32)c1C. The number of benzene rings is 1. The number of nitrogens with one attached hydrogen (secondary N) is 1. The van der Waals surface area contributed by atoms with E-state index in [1.54, 1.807) is 10.4 Å². The Labute approximate surface area is 204 Å². The van der Waals surface area contributed by atoms with Crippen molar-refractivity contribution in [2.75, 3.05) is 6.54 Å². The van der Waals surface area contributed by atoms with Gasteiger partial charge in [0.15, 0.2) is 0 Å². The zero-order chi connectivity index (χ0) is 23.6. The third kappa shape index (κ3) is 3.71. The molecule has 1 atom stereocenters. The van der Waals surface area contributed by atoms with Crippen LogP contribution in [0.3, 0.4) is 0 Å².